The van der Waals surface area contributed by atoms with Gasteiger partial charge >= 0.3 is 0 Å². The molecule has 134 valence electrons. The van der Waals surface area contributed by atoms with Crippen molar-refractivity contribution in [2.24, 2.45) is 10.2 Å². The van der Waals surface area contributed by atoms with Gasteiger partial charge in [-0.1, -0.05) is 43.3 Å². The van der Waals surface area contributed by atoms with E-state index in [-0.39, 0.29) is 18.2 Å². The second-order valence-electron chi connectivity index (χ2n) is 5.59. The van der Waals surface area contributed by atoms with Crippen molar-refractivity contribution >= 4 is 51.7 Å². The first-order chi connectivity index (χ1) is 11.9. The van der Waals surface area contributed by atoms with Gasteiger partial charge in [-0.2, -0.15) is 5.10 Å². The van der Waals surface area contributed by atoms with Crippen LogP contribution in [0.25, 0.3) is 0 Å². The van der Waals surface area contributed by atoms with Crippen LogP contribution in [0.5, 0.6) is 0 Å². The summed E-state index contributed by atoms with van der Waals surface area (Å²) in [6.45, 7) is 5.90. The second kappa shape index (κ2) is 9.01. The fraction of sp³-hybridized carbons (Fsp3) is 0.412. The highest BCUT2D eigenvalue weighted by molar-refractivity contribution is 8.15. The number of benzene rings is 1. The minimum atomic E-state index is -0.512. The molecule has 1 heterocycles. The number of hydrogen-bond donors (Lipinski definition) is 2. The summed E-state index contributed by atoms with van der Waals surface area (Å²) in [4.78, 5) is 24.2. The predicted molar refractivity (Wildman–Crippen MR) is 104 cm³/mol. The van der Waals surface area contributed by atoms with Crippen LogP contribution in [0.2, 0.25) is 5.02 Å². The van der Waals surface area contributed by atoms with E-state index in [0.29, 0.717) is 15.9 Å². The summed E-state index contributed by atoms with van der Waals surface area (Å²) in [5.41, 5.74) is 2.50. The Morgan fingerprint density at radius 2 is 2.08 bits per heavy atom. The molecule has 2 rings (SSSR count). The predicted octanol–water partition coefficient (Wildman–Crippen LogP) is 3.74. The van der Waals surface area contributed by atoms with E-state index in [1.807, 2.05) is 26.8 Å². The lowest BCUT2D eigenvalue weighted by molar-refractivity contribution is -0.122. The van der Waals surface area contributed by atoms with Gasteiger partial charge in [-0.3, -0.25) is 9.59 Å². The average molecular weight is 381 g/mol. The van der Waals surface area contributed by atoms with Crippen LogP contribution in [0.3, 0.4) is 0 Å². The molecular formula is C17H21ClN4O2S. The third kappa shape index (κ3) is 5.57. The van der Waals surface area contributed by atoms with Crippen molar-refractivity contribution in [1.82, 2.24) is 5.32 Å². The van der Waals surface area contributed by atoms with Crippen LogP contribution in [0.4, 0.5) is 5.69 Å². The zero-order valence-corrected chi connectivity index (χ0v) is 16.0. The fourth-order valence-corrected chi connectivity index (χ4v) is 3.24. The molecule has 0 unspecified atom stereocenters. The first-order valence-corrected chi connectivity index (χ1v) is 9.35. The van der Waals surface area contributed by atoms with Crippen LogP contribution in [0.15, 0.2) is 28.4 Å². The Labute approximate surface area is 156 Å². The van der Waals surface area contributed by atoms with Gasteiger partial charge in [0.05, 0.1) is 0 Å². The number of carbonyl (C=O) groups is 2. The monoisotopic (exact) mass is 380 g/mol. The number of amidine groups is 1. The average Bonchev–Trinajstić information content (AvgIpc) is 2.91. The number of carbonyl (C=O) groups excluding carboxylic acids is 2. The van der Waals surface area contributed by atoms with Gasteiger partial charge in [-0.25, -0.2) is 0 Å². The van der Waals surface area contributed by atoms with Gasteiger partial charge in [0, 0.05) is 22.8 Å². The molecule has 0 saturated carbocycles. The van der Waals surface area contributed by atoms with Crippen LogP contribution in [0.1, 0.15) is 38.7 Å². The molecule has 1 saturated heterocycles. The van der Waals surface area contributed by atoms with Crippen LogP contribution < -0.4 is 10.6 Å². The molecular weight excluding hydrogens is 360 g/mol. The van der Waals surface area contributed by atoms with Crippen molar-refractivity contribution in [3.8, 4) is 0 Å². The third-order valence-electron chi connectivity index (χ3n) is 3.70. The van der Waals surface area contributed by atoms with Gasteiger partial charge in [-0.05, 0) is 37.5 Å². The number of thioether (sulfide) groups is 1. The maximum Gasteiger partial charge on any atom is 0.240 e. The third-order valence-corrected chi connectivity index (χ3v) is 5.18. The summed E-state index contributed by atoms with van der Waals surface area (Å²) < 4.78 is 0. The first kappa shape index (κ1) is 19.5. The second-order valence-corrected chi connectivity index (χ2v) is 7.19. The van der Waals surface area contributed by atoms with E-state index in [1.165, 1.54) is 11.8 Å². The number of nitrogens with one attached hydrogen (secondary N) is 2. The Hall–Kier alpha value is -1.86. The molecule has 1 aromatic rings. The van der Waals surface area contributed by atoms with E-state index in [1.54, 1.807) is 12.1 Å². The minimum Gasteiger partial charge on any atom is -0.326 e. The fourth-order valence-electron chi connectivity index (χ4n) is 2.15. The summed E-state index contributed by atoms with van der Waals surface area (Å²) in [7, 11) is 0. The number of amides is 2. The van der Waals surface area contributed by atoms with E-state index >= 15 is 0 Å². The Bertz CT molecular complexity index is 727. The molecule has 6 nitrogen and oxygen atoms in total. The molecule has 0 spiro atoms. The Morgan fingerprint density at radius 1 is 1.36 bits per heavy atom. The lowest BCUT2D eigenvalue weighted by atomic mass is 10.2. The standard InChI is InChI=1S/C17H21ClN4O2S/c1-4-11(5-2)21-22-17-20-16(24)14(25-17)9-15(23)19-12-7-6-10(3)13(18)8-12/h6-8,14H,4-5,9H2,1-3H3,(H,19,23)(H,20,22,24)/t14-/m0/s1. The number of halogens is 1. The highest BCUT2D eigenvalue weighted by Crippen LogP contribution is 2.24. The summed E-state index contributed by atoms with van der Waals surface area (Å²) >= 11 is 7.27. The number of rotatable bonds is 6. The van der Waals surface area contributed by atoms with E-state index in [0.717, 1.165) is 24.1 Å². The van der Waals surface area contributed by atoms with Crippen molar-refractivity contribution < 1.29 is 9.59 Å². The molecule has 1 aliphatic heterocycles. The van der Waals surface area contributed by atoms with Crippen molar-refractivity contribution in [2.45, 2.75) is 45.3 Å². The van der Waals surface area contributed by atoms with Crippen molar-refractivity contribution in [1.29, 1.82) is 0 Å². The van der Waals surface area contributed by atoms with Gasteiger partial charge in [-0.15, -0.1) is 5.10 Å². The van der Waals surface area contributed by atoms with Crippen molar-refractivity contribution in [3.63, 3.8) is 0 Å². The lowest BCUT2D eigenvalue weighted by Crippen LogP contribution is -2.28. The van der Waals surface area contributed by atoms with Gasteiger partial charge in [0.15, 0.2) is 5.17 Å². The maximum atomic E-state index is 12.2. The summed E-state index contributed by atoms with van der Waals surface area (Å²) in [6, 6.07) is 5.30. The lowest BCUT2D eigenvalue weighted by Gasteiger charge is -2.08. The van der Waals surface area contributed by atoms with E-state index in [4.69, 9.17) is 11.6 Å². The van der Waals surface area contributed by atoms with Crippen molar-refractivity contribution in [2.75, 3.05) is 5.32 Å². The zero-order valence-electron chi connectivity index (χ0n) is 14.4. The molecule has 1 aromatic carbocycles. The van der Waals surface area contributed by atoms with E-state index < -0.39 is 5.25 Å². The van der Waals surface area contributed by atoms with Crippen LogP contribution >= 0.6 is 23.4 Å². The molecule has 1 aliphatic rings. The number of anilines is 1. The van der Waals surface area contributed by atoms with E-state index in [2.05, 4.69) is 20.8 Å². The largest absolute Gasteiger partial charge is 0.326 e. The number of hydrogen-bond acceptors (Lipinski definition) is 5. The molecule has 1 atom stereocenters. The topological polar surface area (TPSA) is 82.9 Å². The van der Waals surface area contributed by atoms with Crippen LogP contribution in [-0.4, -0.2) is 27.9 Å². The number of aryl methyl sites for hydroxylation is 1. The van der Waals surface area contributed by atoms with Gasteiger partial charge in [0.25, 0.3) is 0 Å². The maximum absolute atomic E-state index is 12.2. The van der Waals surface area contributed by atoms with E-state index in [9.17, 15) is 9.59 Å². The quantitative estimate of drug-likeness (QED) is 0.582. The molecule has 0 aliphatic carbocycles. The zero-order chi connectivity index (χ0) is 18.4. The molecule has 1 fully saturated rings. The van der Waals surface area contributed by atoms with Crippen molar-refractivity contribution in [3.05, 3.63) is 28.8 Å². The smallest absolute Gasteiger partial charge is 0.240 e. The highest BCUT2D eigenvalue weighted by Gasteiger charge is 2.32. The SMILES string of the molecule is CCC(CC)=N/N=C1\NC(=O)[C@H](CC(=O)Nc2ccc(C)c(Cl)c2)S1. The molecule has 0 aromatic heterocycles. The summed E-state index contributed by atoms with van der Waals surface area (Å²) in [5.74, 6) is -0.481. The highest BCUT2D eigenvalue weighted by atomic mass is 35.5. The molecule has 2 amide bonds. The Kier molecular flexibility index (Phi) is 7.01. The Balaban J connectivity index is 1.95. The molecule has 8 heteroatoms. The van der Waals surface area contributed by atoms with Gasteiger partial charge < -0.3 is 10.6 Å². The Morgan fingerprint density at radius 3 is 2.72 bits per heavy atom. The minimum absolute atomic E-state index is 0.0547. The normalized spacial score (nSPS) is 18.2. The van der Waals surface area contributed by atoms with Gasteiger partial charge in [0.2, 0.25) is 11.8 Å². The molecule has 2 N–H and O–H groups in total. The van der Waals surface area contributed by atoms with Gasteiger partial charge in [0.1, 0.15) is 5.25 Å². The van der Waals surface area contributed by atoms with Crippen LogP contribution in [-0.2, 0) is 9.59 Å². The van der Waals surface area contributed by atoms with Crippen LogP contribution in [0, 0.1) is 6.92 Å². The summed E-state index contributed by atoms with van der Waals surface area (Å²) in [5, 5.41) is 14.1. The molecule has 0 radical (unpaired) electrons. The number of nitrogens with zero attached hydrogens (tertiary/aromatic N) is 2. The first-order valence-electron chi connectivity index (χ1n) is 8.09. The molecule has 25 heavy (non-hydrogen) atoms. The summed E-state index contributed by atoms with van der Waals surface area (Å²) in [6.07, 6.45) is 1.69. The molecule has 0 bridgehead atoms.